The van der Waals surface area contributed by atoms with Crippen molar-refractivity contribution < 1.29 is 14.0 Å². The van der Waals surface area contributed by atoms with E-state index in [1.54, 1.807) is 22.3 Å². The van der Waals surface area contributed by atoms with Gasteiger partial charge in [0, 0.05) is 0 Å². The minimum atomic E-state index is -2.81. The van der Waals surface area contributed by atoms with Gasteiger partial charge in [0.25, 0.3) is 0 Å². The Labute approximate surface area is 177 Å². The van der Waals surface area contributed by atoms with E-state index in [4.69, 9.17) is 0 Å². The van der Waals surface area contributed by atoms with E-state index >= 15 is 0 Å². The van der Waals surface area contributed by atoms with E-state index in [9.17, 15) is 0 Å². The number of hydrogen-bond acceptors (Lipinski definition) is 0. The Morgan fingerprint density at radius 3 is 1.35 bits per heavy atom. The van der Waals surface area contributed by atoms with Crippen LogP contribution in [0.5, 0.6) is 0 Å². The van der Waals surface area contributed by atoms with Crippen molar-refractivity contribution in [2.24, 2.45) is 11.8 Å². The van der Waals surface area contributed by atoms with Crippen molar-refractivity contribution in [1.29, 1.82) is 0 Å². The van der Waals surface area contributed by atoms with Crippen molar-refractivity contribution in [3.63, 3.8) is 0 Å². The SMILES string of the molecule is CCC1=[C]([Ti]([CH3])([CH3])(=[SiH2])[C]2=C(CC)C=C(C(C)C)C2)CC(C(C)C)=C1.Cl.Cl. The van der Waals surface area contributed by atoms with Gasteiger partial charge in [-0.25, -0.2) is 0 Å². The van der Waals surface area contributed by atoms with Crippen LogP contribution in [0.15, 0.2) is 42.2 Å². The van der Waals surface area contributed by atoms with E-state index in [0.717, 1.165) is 0 Å². The summed E-state index contributed by atoms with van der Waals surface area (Å²) in [5.74, 6) is 1.37. The van der Waals surface area contributed by atoms with Gasteiger partial charge >= 0.3 is 153 Å². The molecule has 2 rings (SSSR count). The van der Waals surface area contributed by atoms with Gasteiger partial charge in [-0.2, -0.15) is 0 Å². The number of hydrogen-bond donors (Lipinski definition) is 0. The largest absolute Gasteiger partial charge is 0.147 e. The van der Waals surface area contributed by atoms with Crippen LogP contribution in [0.25, 0.3) is 0 Å². The van der Waals surface area contributed by atoms with Gasteiger partial charge in [-0.15, -0.1) is 24.8 Å². The maximum absolute atomic E-state index is 2.81. The molecule has 0 nitrogen and oxygen atoms in total. The third kappa shape index (κ3) is 4.90. The summed E-state index contributed by atoms with van der Waals surface area (Å²) in [6.07, 6.45) is 10.0. The minimum absolute atomic E-state index is 0. The Morgan fingerprint density at radius 1 is 0.808 bits per heavy atom. The van der Waals surface area contributed by atoms with E-state index < -0.39 is 14.0 Å². The summed E-state index contributed by atoms with van der Waals surface area (Å²) in [6.45, 7) is 14.1. The van der Waals surface area contributed by atoms with Crippen molar-refractivity contribution in [2.45, 2.75) is 77.7 Å². The molecule has 0 fully saturated rings. The van der Waals surface area contributed by atoms with Gasteiger partial charge in [0.1, 0.15) is 0 Å². The smallest absolute Gasteiger partial charge is 0.147 e. The van der Waals surface area contributed by atoms with Gasteiger partial charge in [0.2, 0.25) is 0 Å². The molecule has 0 unspecified atom stereocenters. The van der Waals surface area contributed by atoms with Gasteiger partial charge in [-0.05, 0) is 0 Å². The number of allylic oxidation sites excluding steroid dienone is 8. The Balaban J connectivity index is 0.00000312. The van der Waals surface area contributed by atoms with Crippen LogP contribution < -0.4 is 0 Å². The molecule has 2 aliphatic carbocycles. The average Bonchev–Trinajstić information content (AvgIpc) is 3.11. The van der Waals surface area contributed by atoms with Crippen LogP contribution in [0.3, 0.4) is 0 Å². The molecule has 0 atom stereocenters. The molecule has 4 heteroatoms. The maximum atomic E-state index is 2.69. The summed E-state index contributed by atoms with van der Waals surface area (Å²) < 4.78 is 3.74. The predicted molar refractivity (Wildman–Crippen MR) is 124 cm³/mol. The van der Waals surface area contributed by atoms with Crippen molar-refractivity contribution >= 4 is 32.4 Å². The standard InChI is InChI=1S/2C10H15.2CH3.2ClH.H2Si.Ti/c2*1-4-9-5-6-10(7-9)8(2)3;;;;;;/h2*7-8H,4,6H2,1-3H3;2*1H3;2*1H;1H2;. The summed E-state index contributed by atoms with van der Waals surface area (Å²) in [4.78, 5) is 0. The molecule has 2 aliphatic rings. The summed E-state index contributed by atoms with van der Waals surface area (Å²) in [6, 6.07) is 0. The predicted octanol–water partition coefficient (Wildman–Crippen LogP) is 7.46. The summed E-state index contributed by atoms with van der Waals surface area (Å²) in [7, 11) is 2.42. The van der Waals surface area contributed by atoms with Crippen molar-refractivity contribution in [3.05, 3.63) is 42.2 Å². The summed E-state index contributed by atoms with van der Waals surface area (Å²) in [5.41, 5.74) is 6.69. The van der Waals surface area contributed by atoms with Gasteiger partial charge in [0.15, 0.2) is 0 Å². The van der Waals surface area contributed by atoms with Crippen LogP contribution in [-0.4, -0.2) is 7.63 Å². The molecule has 0 saturated heterocycles. The molecule has 0 spiro atoms. The Bertz CT molecular complexity index is 671. The van der Waals surface area contributed by atoms with Crippen LogP contribution >= 0.6 is 24.8 Å². The fourth-order valence-electron chi connectivity index (χ4n) is 4.51. The van der Waals surface area contributed by atoms with Gasteiger partial charge in [-0.1, -0.05) is 0 Å². The zero-order valence-electron chi connectivity index (χ0n) is 18.2. The molecule has 0 radical (unpaired) electrons. The topological polar surface area (TPSA) is 0 Å². The molecular formula is C22H40Cl2SiTi. The Morgan fingerprint density at radius 2 is 1.12 bits per heavy atom. The molecule has 0 aliphatic heterocycles. The second-order valence-corrected chi connectivity index (χ2v) is 28.5. The first kappa shape index (κ1) is 26.5. The second-order valence-electron chi connectivity index (χ2n) is 9.50. The molecule has 0 amide bonds. The molecule has 0 aromatic rings. The van der Waals surface area contributed by atoms with Crippen LogP contribution in [0.1, 0.15) is 67.2 Å². The molecule has 0 aromatic carbocycles. The van der Waals surface area contributed by atoms with E-state index in [-0.39, 0.29) is 24.8 Å². The monoisotopic (exact) mass is 450 g/mol. The normalized spacial score (nSPS) is 18.3. The number of halogens is 2. The molecule has 0 N–H and O–H groups in total. The molecular weight excluding hydrogens is 411 g/mol. The molecule has 0 heterocycles. The van der Waals surface area contributed by atoms with Gasteiger partial charge in [-0.3, -0.25) is 0 Å². The maximum Gasteiger partial charge on any atom is -0.147 e. The first-order chi connectivity index (χ1) is 11.0. The molecule has 0 saturated carbocycles. The van der Waals surface area contributed by atoms with Crippen molar-refractivity contribution in [2.75, 3.05) is 0 Å². The van der Waals surface area contributed by atoms with E-state index in [1.807, 2.05) is 7.76 Å². The van der Waals surface area contributed by atoms with Crippen LogP contribution in [0.4, 0.5) is 0 Å². The van der Waals surface area contributed by atoms with Gasteiger partial charge in [0.05, 0.1) is 0 Å². The zero-order valence-corrected chi connectivity index (χ0v) is 22.8. The molecule has 150 valence electrons. The Hall–Kier alpha value is 0.471. The van der Waals surface area contributed by atoms with Crippen LogP contribution in [0, 0.1) is 11.8 Å². The number of rotatable bonds is 6. The second kappa shape index (κ2) is 9.31. The summed E-state index contributed by atoms with van der Waals surface area (Å²) >= 11 is -2.81. The van der Waals surface area contributed by atoms with Crippen LogP contribution in [-0.2, 0) is 14.0 Å². The van der Waals surface area contributed by atoms with Crippen LogP contribution in [0.2, 0.25) is 10.5 Å². The van der Waals surface area contributed by atoms with E-state index in [0.29, 0.717) is 11.8 Å². The molecule has 0 bridgehead atoms. The summed E-state index contributed by atoms with van der Waals surface area (Å²) in [5, 5.41) is 5.39. The minimum Gasteiger partial charge on any atom is -0.147 e. The molecule has 26 heavy (non-hydrogen) atoms. The van der Waals surface area contributed by atoms with E-state index in [1.165, 1.54) is 25.7 Å². The van der Waals surface area contributed by atoms with E-state index in [2.05, 4.69) is 71.8 Å². The molecule has 0 aromatic heterocycles. The average molecular weight is 451 g/mol. The first-order valence-corrected chi connectivity index (χ1v) is 18.6. The zero-order chi connectivity index (χ0) is 18.3. The third-order valence-electron chi connectivity index (χ3n) is 6.44. The fraction of sp³-hybridized carbons (Fsp3) is 0.636. The Kier molecular flexibility index (Phi) is 9.48. The third-order valence-corrected chi connectivity index (χ3v) is 17.6. The quantitative estimate of drug-likeness (QED) is 0.368. The fourth-order valence-corrected chi connectivity index (χ4v) is 14.4. The van der Waals surface area contributed by atoms with Crippen molar-refractivity contribution in [3.8, 4) is 0 Å². The van der Waals surface area contributed by atoms with Crippen molar-refractivity contribution in [1.82, 2.24) is 0 Å². The first-order valence-electron chi connectivity index (χ1n) is 9.93. The van der Waals surface area contributed by atoms with Gasteiger partial charge < -0.3 is 0 Å².